The van der Waals surface area contributed by atoms with Gasteiger partial charge in [0.05, 0.1) is 6.42 Å². The van der Waals surface area contributed by atoms with Crippen LogP contribution in [0.4, 0.5) is 13.2 Å². The third kappa shape index (κ3) is 5.07. The van der Waals surface area contributed by atoms with Crippen LogP contribution in [0.15, 0.2) is 41.8 Å². The average molecular weight is 329 g/mol. The highest BCUT2D eigenvalue weighted by Gasteiger charge is 2.30. The molecule has 0 spiro atoms. The normalized spacial score (nSPS) is 11.3. The molecule has 0 fully saturated rings. The molecule has 118 valence electrons. The van der Waals surface area contributed by atoms with Crippen LogP contribution >= 0.6 is 11.3 Å². The number of thiophene rings is 1. The summed E-state index contributed by atoms with van der Waals surface area (Å²) in [7, 11) is 1.66. The second-order valence-electron chi connectivity index (χ2n) is 4.70. The van der Waals surface area contributed by atoms with E-state index in [2.05, 4.69) is 4.74 Å². The Morgan fingerprint density at radius 1 is 1.23 bits per heavy atom. The molecule has 2 aromatic rings. The second-order valence-corrected chi connectivity index (χ2v) is 5.73. The molecule has 3 nitrogen and oxygen atoms in total. The number of benzene rings is 1. The van der Waals surface area contributed by atoms with Crippen molar-refractivity contribution in [2.45, 2.75) is 19.3 Å². The molecule has 1 heterocycles. The quantitative estimate of drug-likeness (QED) is 0.834. The number of rotatable bonds is 5. The highest BCUT2D eigenvalue weighted by atomic mass is 32.1. The van der Waals surface area contributed by atoms with E-state index in [1.54, 1.807) is 11.9 Å². The van der Waals surface area contributed by atoms with Gasteiger partial charge < -0.3 is 9.64 Å². The van der Waals surface area contributed by atoms with Gasteiger partial charge in [-0.1, -0.05) is 18.2 Å². The van der Waals surface area contributed by atoms with Crippen LogP contribution < -0.4 is 4.74 Å². The van der Waals surface area contributed by atoms with Gasteiger partial charge in [-0.25, -0.2) is 0 Å². The molecule has 1 amide bonds. The van der Waals surface area contributed by atoms with Crippen LogP contribution in [-0.2, 0) is 17.8 Å². The van der Waals surface area contributed by atoms with Crippen molar-refractivity contribution in [1.82, 2.24) is 4.90 Å². The number of nitrogens with zero attached hydrogens (tertiary/aromatic N) is 1. The van der Waals surface area contributed by atoms with Crippen molar-refractivity contribution in [2.24, 2.45) is 0 Å². The summed E-state index contributed by atoms with van der Waals surface area (Å²) in [4.78, 5) is 14.5. The van der Waals surface area contributed by atoms with E-state index in [4.69, 9.17) is 0 Å². The Balaban J connectivity index is 1.91. The molecule has 0 atom stereocenters. The monoisotopic (exact) mass is 329 g/mol. The lowest BCUT2D eigenvalue weighted by Gasteiger charge is -2.17. The second kappa shape index (κ2) is 6.83. The molecule has 7 heteroatoms. The van der Waals surface area contributed by atoms with Gasteiger partial charge >= 0.3 is 6.36 Å². The van der Waals surface area contributed by atoms with Crippen LogP contribution in [0.25, 0.3) is 0 Å². The van der Waals surface area contributed by atoms with Gasteiger partial charge in [0.1, 0.15) is 5.75 Å². The average Bonchev–Trinajstić information content (AvgIpc) is 2.92. The summed E-state index contributed by atoms with van der Waals surface area (Å²) in [5.41, 5.74) is 0.733. The predicted octanol–water partition coefficient (Wildman–Crippen LogP) is 3.85. The zero-order valence-corrected chi connectivity index (χ0v) is 12.6. The van der Waals surface area contributed by atoms with Crippen molar-refractivity contribution in [1.29, 1.82) is 0 Å². The largest absolute Gasteiger partial charge is 0.573 e. The van der Waals surface area contributed by atoms with Gasteiger partial charge in [0.2, 0.25) is 5.91 Å². The fourth-order valence-corrected chi connectivity index (χ4v) is 2.55. The van der Waals surface area contributed by atoms with Gasteiger partial charge in [-0.15, -0.1) is 24.5 Å². The first kappa shape index (κ1) is 16.4. The van der Waals surface area contributed by atoms with Gasteiger partial charge in [-0.2, -0.15) is 0 Å². The third-order valence-corrected chi connectivity index (χ3v) is 3.78. The Morgan fingerprint density at radius 2 is 1.91 bits per heavy atom. The number of amides is 1. The Kier molecular flexibility index (Phi) is 5.07. The lowest BCUT2D eigenvalue weighted by atomic mass is 10.2. The fraction of sp³-hybridized carbons (Fsp3) is 0.267. The first-order chi connectivity index (χ1) is 10.3. The van der Waals surface area contributed by atoms with Crippen molar-refractivity contribution in [3.05, 3.63) is 52.2 Å². The number of likely N-dealkylation sites (N-methyl/N-ethyl adjacent to an activating group) is 1. The Labute approximate surface area is 129 Å². The number of carbonyl (C=O) groups is 1. The molecule has 0 saturated carbocycles. The Bertz CT molecular complexity index is 609. The summed E-state index contributed by atoms with van der Waals surface area (Å²) < 4.78 is 40.0. The molecular weight excluding hydrogens is 315 g/mol. The first-order valence-electron chi connectivity index (χ1n) is 6.44. The summed E-state index contributed by atoms with van der Waals surface area (Å²) in [6.45, 7) is 0.330. The van der Waals surface area contributed by atoms with Crippen LogP contribution in [-0.4, -0.2) is 24.2 Å². The van der Waals surface area contributed by atoms with Gasteiger partial charge in [0.25, 0.3) is 0 Å². The zero-order valence-electron chi connectivity index (χ0n) is 11.8. The molecule has 1 aromatic carbocycles. The SMILES string of the molecule is CN(Cc1ccc(OC(F)(F)F)cc1)C(=O)Cc1cccs1. The number of hydrogen-bond donors (Lipinski definition) is 0. The van der Waals surface area contributed by atoms with Crippen LogP contribution in [0.3, 0.4) is 0 Å². The van der Waals surface area contributed by atoms with Crippen molar-refractivity contribution in [3.8, 4) is 5.75 Å². The van der Waals surface area contributed by atoms with Gasteiger partial charge in [-0.3, -0.25) is 4.79 Å². The van der Waals surface area contributed by atoms with Crippen molar-refractivity contribution >= 4 is 17.2 Å². The number of ether oxygens (including phenoxy) is 1. The van der Waals surface area contributed by atoms with Crippen LogP contribution in [0, 0.1) is 0 Å². The molecule has 1 aromatic heterocycles. The van der Waals surface area contributed by atoms with E-state index in [1.165, 1.54) is 35.6 Å². The molecular formula is C15H14F3NO2S. The molecule has 0 bridgehead atoms. The Hall–Kier alpha value is -2.02. The van der Waals surface area contributed by atoms with E-state index in [-0.39, 0.29) is 11.7 Å². The maximum atomic E-state index is 12.1. The first-order valence-corrected chi connectivity index (χ1v) is 7.32. The van der Waals surface area contributed by atoms with Gasteiger partial charge in [0.15, 0.2) is 0 Å². The fourth-order valence-electron chi connectivity index (χ4n) is 1.86. The lowest BCUT2D eigenvalue weighted by molar-refractivity contribution is -0.274. The number of halogens is 3. The van der Waals surface area contributed by atoms with Crippen LogP contribution in [0.1, 0.15) is 10.4 Å². The van der Waals surface area contributed by atoms with E-state index >= 15 is 0 Å². The smallest absolute Gasteiger partial charge is 0.406 e. The van der Waals surface area contributed by atoms with Crippen molar-refractivity contribution in [2.75, 3.05) is 7.05 Å². The molecule has 0 unspecified atom stereocenters. The number of carbonyl (C=O) groups excluding carboxylic acids is 1. The van der Waals surface area contributed by atoms with Crippen LogP contribution in [0.5, 0.6) is 5.75 Å². The summed E-state index contributed by atoms with van der Waals surface area (Å²) in [5.74, 6) is -0.318. The molecule has 2 rings (SSSR count). The van der Waals surface area contributed by atoms with E-state index in [0.717, 1.165) is 10.4 Å². The molecule has 0 radical (unpaired) electrons. The van der Waals surface area contributed by atoms with Crippen LogP contribution in [0.2, 0.25) is 0 Å². The standard InChI is InChI=1S/C15H14F3NO2S/c1-19(14(20)9-13-3-2-8-22-13)10-11-4-6-12(7-5-11)21-15(16,17)18/h2-8H,9-10H2,1H3. The minimum Gasteiger partial charge on any atom is -0.406 e. The summed E-state index contributed by atoms with van der Waals surface area (Å²) in [6.07, 6.45) is -4.38. The van der Waals surface area contributed by atoms with Crippen molar-refractivity contribution in [3.63, 3.8) is 0 Å². The number of hydrogen-bond acceptors (Lipinski definition) is 3. The lowest BCUT2D eigenvalue weighted by Crippen LogP contribution is -2.27. The summed E-state index contributed by atoms with van der Waals surface area (Å²) in [6, 6.07) is 9.26. The third-order valence-electron chi connectivity index (χ3n) is 2.91. The zero-order chi connectivity index (χ0) is 16.2. The van der Waals surface area contributed by atoms with E-state index in [1.807, 2.05) is 17.5 Å². The topological polar surface area (TPSA) is 29.5 Å². The maximum absolute atomic E-state index is 12.1. The number of alkyl halides is 3. The maximum Gasteiger partial charge on any atom is 0.573 e. The van der Waals surface area contributed by atoms with Crippen molar-refractivity contribution < 1.29 is 22.7 Å². The van der Waals surface area contributed by atoms with E-state index in [0.29, 0.717) is 13.0 Å². The highest BCUT2D eigenvalue weighted by molar-refractivity contribution is 7.10. The summed E-state index contributed by atoms with van der Waals surface area (Å²) >= 11 is 1.51. The molecule has 22 heavy (non-hydrogen) atoms. The molecule has 0 N–H and O–H groups in total. The Morgan fingerprint density at radius 3 is 2.45 bits per heavy atom. The highest BCUT2D eigenvalue weighted by Crippen LogP contribution is 2.23. The predicted molar refractivity (Wildman–Crippen MR) is 77.6 cm³/mol. The molecule has 0 aliphatic rings. The van der Waals surface area contributed by atoms with E-state index < -0.39 is 6.36 Å². The van der Waals surface area contributed by atoms with Gasteiger partial charge in [-0.05, 0) is 29.1 Å². The van der Waals surface area contributed by atoms with E-state index in [9.17, 15) is 18.0 Å². The minimum absolute atomic E-state index is 0.0435. The molecule has 0 aliphatic carbocycles. The minimum atomic E-state index is -4.70. The molecule has 0 aliphatic heterocycles. The molecule has 0 saturated heterocycles. The summed E-state index contributed by atoms with van der Waals surface area (Å²) in [5, 5.41) is 1.90. The van der Waals surface area contributed by atoms with Gasteiger partial charge in [0, 0.05) is 18.5 Å².